The number of hydrogen-bond donors (Lipinski definition) is 0. The van der Waals surface area contributed by atoms with E-state index in [1.54, 1.807) is 41.8 Å². The molecule has 2 aromatic carbocycles. The van der Waals surface area contributed by atoms with Crippen molar-refractivity contribution < 1.29 is 23.5 Å². The number of carbonyl (C=O) groups excluding carboxylic acids is 1. The van der Waals surface area contributed by atoms with Crippen molar-refractivity contribution in [1.82, 2.24) is 19.7 Å². The molecule has 2 aromatic heterocycles. The molecule has 0 saturated carbocycles. The van der Waals surface area contributed by atoms with Crippen LogP contribution in [0.4, 0.5) is 0 Å². The lowest BCUT2D eigenvalue weighted by molar-refractivity contribution is 0.111. The second-order valence-corrected chi connectivity index (χ2v) is 7.05. The molecule has 0 bridgehead atoms. The summed E-state index contributed by atoms with van der Waals surface area (Å²) in [6.45, 7) is 1.79. The van der Waals surface area contributed by atoms with E-state index >= 15 is 0 Å². The summed E-state index contributed by atoms with van der Waals surface area (Å²) >= 11 is 6.33. The van der Waals surface area contributed by atoms with Crippen LogP contribution in [0.2, 0.25) is 5.02 Å². The standard InChI is InChI=1S/C22H19ClN4O5/c1-12-19(24-18(11-28)27(12)15-8-6-5-7-14(15)23)22-25-21(26-32-22)13-9-16(29-2)20(31-4)17(10-13)30-3/h5-11H,1-4H3. The Morgan fingerprint density at radius 1 is 1.03 bits per heavy atom. The van der Waals surface area contributed by atoms with E-state index in [-0.39, 0.29) is 11.7 Å². The summed E-state index contributed by atoms with van der Waals surface area (Å²) in [5.74, 6) is 1.97. The molecular formula is C22H19ClN4O5. The number of rotatable bonds is 7. The van der Waals surface area contributed by atoms with Crippen molar-refractivity contribution in [3.63, 3.8) is 0 Å². The van der Waals surface area contributed by atoms with Gasteiger partial charge in [0.1, 0.15) is 0 Å². The highest BCUT2D eigenvalue weighted by Crippen LogP contribution is 2.41. The molecular weight excluding hydrogens is 436 g/mol. The van der Waals surface area contributed by atoms with Crippen LogP contribution in [0, 0.1) is 6.92 Å². The van der Waals surface area contributed by atoms with Crippen molar-refractivity contribution >= 4 is 17.9 Å². The molecule has 32 heavy (non-hydrogen) atoms. The van der Waals surface area contributed by atoms with Gasteiger partial charge in [-0.15, -0.1) is 0 Å². The highest BCUT2D eigenvalue weighted by atomic mass is 35.5. The van der Waals surface area contributed by atoms with Crippen molar-refractivity contribution in [2.75, 3.05) is 21.3 Å². The third-order valence-electron chi connectivity index (χ3n) is 4.88. The van der Waals surface area contributed by atoms with Gasteiger partial charge in [0.25, 0.3) is 5.89 Å². The number of carbonyl (C=O) groups is 1. The van der Waals surface area contributed by atoms with Gasteiger partial charge in [-0.2, -0.15) is 4.98 Å². The molecule has 0 spiro atoms. The summed E-state index contributed by atoms with van der Waals surface area (Å²) in [7, 11) is 4.57. The molecule has 0 saturated heterocycles. The van der Waals surface area contributed by atoms with Crippen LogP contribution >= 0.6 is 11.6 Å². The number of hydrogen-bond acceptors (Lipinski definition) is 8. The van der Waals surface area contributed by atoms with Crippen molar-refractivity contribution in [2.24, 2.45) is 0 Å². The Labute approximate surface area is 188 Å². The molecule has 2 heterocycles. The van der Waals surface area contributed by atoms with Gasteiger partial charge in [0, 0.05) is 5.56 Å². The molecule has 9 nitrogen and oxygen atoms in total. The van der Waals surface area contributed by atoms with Crippen LogP contribution < -0.4 is 14.2 Å². The first-order valence-corrected chi connectivity index (χ1v) is 9.84. The Bertz CT molecular complexity index is 1270. The predicted octanol–water partition coefficient (Wildman–Crippen LogP) is 4.39. The van der Waals surface area contributed by atoms with Crippen LogP contribution in [0.3, 0.4) is 0 Å². The van der Waals surface area contributed by atoms with Crippen molar-refractivity contribution in [3.05, 3.63) is 52.9 Å². The Hall–Kier alpha value is -3.85. The van der Waals surface area contributed by atoms with Gasteiger partial charge in [0.15, 0.2) is 29.3 Å². The minimum Gasteiger partial charge on any atom is -0.493 e. The van der Waals surface area contributed by atoms with E-state index in [2.05, 4.69) is 15.1 Å². The minimum atomic E-state index is 0.153. The van der Waals surface area contributed by atoms with Gasteiger partial charge >= 0.3 is 0 Å². The number of halogens is 1. The van der Waals surface area contributed by atoms with E-state index in [4.69, 9.17) is 30.3 Å². The number of imidazole rings is 1. The van der Waals surface area contributed by atoms with E-state index in [0.717, 1.165) is 0 Å². The highest BCUT2D eigenvalue weighted by molar-refractivity contribution is 6.32. The van der Waals surface area contributed by atoms with Gasteiger partial charge in [-0.3, -0.25) is 9.36 Å². The maximum Gasteiger partial charge on any atom is 0.278 e. The zero-order valence-electron chi connectivity index (χ0n) is 17.7. The van der Waals surface area contributed by atoms with Gasteiger partial charge in [-0.05, 0) is 31.2 Å². The molecule has 0 aliphatic heterocycles. The molecule has 4 rings (SSSR count). The van der Waals surface area contributed by atoms with Crippen LogP contribution in [0.25, 0.3) is 28.7 Å². The van der Waals surface area contributed by atoms with Crippen molar-refractivity contribution in [2.45, 2.75) is 6.92 Å². The summed E-state index contributed by atoms with van der Waals surface area (Å²) in [4.78, 5) is 20.6. The van der Waals surface area contributed by atoms with Crippen LogP contribution in [-0.4, -0.2) is 47.3 Å². The third kappa shape index (κ3) is 3.56. The zero-order chi connectivity index (χ0) is 22.8. The lowest BCUT2D eigenvalue weighted by Gasteiger charge is -2.12. The molecule has 0 aliphatic rings. The van der Waals surface area contributed by atoms with Crippen LogP contribution in [0.5, 0.6) is 17.2 Å². The minimum absolute atomic E-state index is 0.153. The van der Waals surface area contributed by atoms with Gasteiger partial charge in [-0.25, -0.2) is 4.98 Å². The lowest BCUT2D eigenvalue weighted by Crippen LogP contribution is -2.02. The molecule has 0 fully saturated rings. The second-order valence-electron chi connectivity index (χ2n) is 6.65. The van der Waals surface area contributed by atoms with Crippen molar-refractivity contribution in [3.8, 4) is 45.9 Å². The normalized spacial score (nSPS) is 10.8. The molecule has 0 N–H and O–H groups in total. The van der Waals surface area contributed by atoms with E-state index < -0.39 is 0 Å². The Balaban J connectivity index is 1.80. The van der Waals surface area contributed by atoms with Crippen LogP contribution in [0.1, 0.15) is 16.3 Å². The molecule has 10 heteroatoms. The summed E-state index contributed by atoms with van der Waals surface area (Å²) in [6.07, 6.45) is 0.649. The molecule has 0 radical (unpaired) electrons. The quantitative estimate of drug-likeness (QED) is 0.379. The average Bonchev–Trinajstić information content (AvgIpc) is 3.43. The van der Waals surface area contributed by atoms with E-state index in [0.29, 0.717) is 57.0 Å². The van der Waals surface area contributed by atoms with Gasteiger partial charge in [-0.1, -0.05) is 28.9 Å². The summed E-state index contributed by atoms with van der Waals surface area (Å²) in [6, 6.07) is 10.6. The Kier molecular flexibility index (Phi) is 5.83. The first-order valence-electron chi connectivity index (χ1n) is 9.46. The number of methoxy groups -OCH3 is 3. The van der Waals surface area contributed by atoms with Gasteiger partial charge < -0.3 is 18.7 Å². The molecule has 0 atom stereocenters. The maximum absolute atomic E-state index is 11.7. The maximum atomic E-state index is 11.7. The molecule has 0 unspecified atom stereocenters. The number of para-hydroxylation sites is 1. The predicted molar refractivity (Wildman–Crippen MR) is 117 cm³/mol. The van der Waals surface area contributed by atoms with Crippen LogP contribution in [-0.2, 0) is 0 Å². The molecule has 0 amide bonds. The van der Waals surface area contributed by atoms with Crippen LogP contribution in [0.15, 0.2) is 40.9 Å². The first kappa shape index (κ1) is 21.4. The van der Waals surface area contributed by atoms with E-state index in [1.807, 2.05) is 6.07 Å². The highest BCUT2D eigenvalue weighted by Gasteiger charge is 2.23. The van der Waals surface area contributed by atoms with Crippen molar-refractivity contribution in [1.29, 1.82) is 0 Å². The second kappa shape index (κ2) is 8.72. The average molecular weight is 455 g/mol. The topological polar surface area (TPSA) is 102 Å². The third-order valence-corrected chi connectivity index (χ3v) is 5.20. The fourth-order valence-electron chi connectivity index (χ4n) is 3.39. The first-order chi connectivity index (χ1) is 15.5. The molecule has 4 aromatic rings. The zero-order valence-corrected chi connectivity index (χ0v) is 18.5. The molecule has 0 aliphatic carbocycles. The fraction of sp³-hybridized carbons (Fsp3) is 0.182. The molecule has 164 valence electrons. The van der Waals surface area contributed by atoms with Gasteiger partial charge in [0.05, 0.1) is 37.7 Å². The lowest BCUT2D eigenvalue weighted by atomic mass is 10.1. The fourth-order valence-corrected chi connectivity index (χ4v) is 3.61. The largest absolute Gasteiger partial charge is 0.493 e. The number of benzene rings is 2. The smallest absolute Gasteiger partial charge is 0.278 e. The summed E-state index contributed by atoms with van der Waals surface area (Å²) in [5, 5.41) is 4.54. The summed E-state index contributed by atoms with van der Waals surface area (Å²) < 4.78 is 23.2. The number of aromatic nitrogens is 4. The van der Waals surface area contributed by atoms with E-state index in [1.165, 1.54) is 21.3 Å². The Morgan fingerprint density at radius 3 is 2.31 bits per heavy atom. The number of aldehydes is 1. The number of ether oxygens (including phenoxy) is 3. The SMILES string of the molecule is COc1cc(-c2noc(-c3nc(C=O)n(-c4ccccc4Cl)c3C)n2)cc(OC)c1OC. The monoisotopic (exact) mass is 454 g/mol. The number of nitrogens with zero attached hydrogens (tertiary/aromatic N) is 4. The van der Waals surface area contributed by atoms with Gasteiger partial charge in [0.2, 0.25) is 11.6 Å². The Morgan fingerprint density at radius 2 is 1.72 bits per heavy atom. The summed E-state index contributed by atoms with van der Waals surface area (Å²) in [5.41, 5.74) is 2.21. The van der Waals surface area contributed by atoms with E-state index in [9.17, 15) is 4.79 Å².